The summed E-state index contributed by atoms with van der Waals surface area (Å²) in [5.41, 5.74) is 0.330. The lowest BCUT2D eigenvalue weighted by molar-refractivity contribution is 0.247. The van der Waals surface area contributed by atoms with Gasteiger partial charge < -0.3 is 4.90 Å². The van der Waals surface area contributed by atoms with Gasteiger partial charge in [0.1, 0.15) is 5.69 Å². The van der Waals surface area contributed by atoms with Gasteiger partial charge in [0.2, 0.25) is 11.6 Å². The quantitative estimate of drug-likeness (QED) is 0.616. The maximum atomic E-state index is 13.8. The number of halogens is 5. The Morgan fingerprint density at radius 2 is 1.58 bits per heavy atom. The van der Waals surface area contributed by atoms with Crippen LogP contribution in [-0.4, -0.2) is 36.1 Å². The molecule has 1 aliphatic heterocycles. The molecule has 1 saturated heterocycles. The molecule has 0 unspecified atom stereocenters. The van der Waals surface area contributed by atoms with Crippen LogP contribution < -0.4 is 4.90 Å². The van der Waals surface area contributed by atoms with Crippen LogP contribution in [0.2, 0.25) is 5.02 Å². The third kappa shape index (κ3) is 3.47. The average molecular weight is 360 g/mol. The molecule has 8 heteroatoms. The zero-order valence-electron chi connectivity index (χ0n) is 12.6. The Kier molecular flexibility index (Phi) is 4.91. The van der Waals surface area contributed by atoms with Crippen molar-refractivity contribution in [2.24, 2.45) is 0 Å². The maximum absolute atomic E-state index is 13.8. The lowest BCUT2D eigenvalue weighted by Gasteiger charge is -2.36. The van der Waals surface area contributed by atoms with E-state index < -0.39 is 29.2 Å². The molecule has 2 aromatic rings. The van der Waals surface area contributed by atoms with Gasteiger partial charge in [-0.2, -0.15) is 22.5 Å². The molecular weight excluding hydrogens is 346 g/mol. The molecule has 3 rings (SSSR count). The molecule has 1 fully saturated rings. The third-order valence-electron chi connectivity index (χ3n) is 3.96. The summed E-state index contributed by atoms with van der Waals surface area (Å²) in [6.07, 6.45) is 0. The Bertz CT molecular complexity index is 722. The van der Waals surface area contributed by atoms with E-state index in [9.17, 15) is 17.6 Å². The summed E-state index contributed by atoms with van der Waals surface area (Å²) in [5.74, 6) is -6.19. The van der Waals surface area contributed by atoms with Crippen molar-refractivity contribution >= 4 is 17.3 Å². The summed E-state index contributed by atoms with van der Waals surface area (Å²) in [6.45, 7) is 2.13. The number of nitrogens with zero attached hydrogens (tertiary/aromatic N) is 3. The van der Waals surface area contributed by atoms with Crippen LogP contribution in [0, 0.1) is 23.5 Å². The molecule has 0 spiro atoms. The van der Waals surface area contributed by atoms with E-state index in [1.807, 2.05) is 18.2 Å². The average Bonchev–Trinajstić information content (AvgIpc) is 2.55. The van der Waals surface area contributed by atoms with Gasteiger partial charge in [0.25, 0.3) is 11.9 Å². The first-order chi connectivity index (χ1) is 11.5. The summed E-state index contributed by atoms with van der Waals surface area (Å²) < 4.78 is 54.1. The normalized spacial score (nSPS) is 15.8. The fourth-order valence-electron chi connectivity index (χ4n) is 2.78. The highest BCUT2D eigenvalue weighted by Gasteiger charge is 2.27. The highest BCUT2D eigenvalue weighted by Crippen LogP contribution is 2.27. The highest BCUT2D eigenvalue weighted by molar-refractivity contribution is 6.30. The molecule has 0 atom stereocenters. The molecule has 1 aliphatic rings. The highest BCUT2D eigenvalue weighted by atomic mass is 35.5. The maximum Gasteiger partial charge on any atom is 0.253 e. The van der Waals surface area contributed by atoms with Gasteiger partial charge in [-0.1, -0.05) is 23.7 Å². The summed E-state index contributed by atoms with van der Waals surface area (Å²) in [5, 5.41) is 0.637. The Balaban J connectivity index is 1.70. The largest absolute Gasteiger partial charge is 0.364 e. The van der Waals surface area contributed by atoms with E-state index in [-0.39, 0.29) is 13.1 Å². The first-order valence-electron chi connectivity index (χ1n) is 7.37. The Hall–Kier alpha value is -1.86. The first kappa shape index (κ1) is 17.0. The topological polar surface area (TPSA) is 19.4 Å². The Morgan fingerprint density at radius 1 is 0.958 bits per heavy atom. The van der Waals surface area contributed by atoms with Crippen LogP contribution in [0.3, 0.4) is 0 Å². The molecule has 0 radical (unpaired) electrons. The number of pyridine rings is 1. The monoisotopic (exact) mass is 359 g/mol. The Labute approximate surface area is 141 Å². The fourth-order valence-corrected chi connectivity index (χ4v) is 2.99. The summed E-state index contributed by atoms with van der Waals surface area (Å²) >= 11 is 5.94. The summed E-state index contributed by atoms with van der Waals surface area (Å²) in [4.78, 5) is 5.95. The minimum atomic E-state index is -1.63. The number of hydrogen-bond donors (Lipinski definition) is 0. The molecule has 0 amide bonds. The first-order valence-corrected chi connectivity index (χ1v) is 7.75. The molecule has 1 aromatic heterocycles. The van der Waals surface area contributed by atoms with Gasteiger partial charge >= 0.3 is 0 Å². The molecule has 0 saturated carbocycles. The van der Waals surface area contributed by atoms with Crippen molar-refractivity contribution in [1.29, 1.82) is 0 Å². The standard InChI is InChI=1S/C16H14ClF4N3/c17-11-3-1-2-10(8-11)9-23-4-6-24(7-5-23)14-12(18)15(20)22-16(21)13(14)19/h1-3,8H,4-7,9H2. The van der Waals surface area contributed by atoms with E-state index in [0.717, 1.165) is 5.56 Å². The number of hydrogen-bond acceptors (Lipinski definition) is 3. The molecule has 24 heavy (non-hydrogen) atoms. The predicted molar refractivity (Wildman–Crippen MR) is 83.0 cm³/mol. The smallest absolute Gasteiger partial charge is 0.253 e. The van der Waals surface area contributed by atoms with E-state index in [0.29, 0.717) is 24.7 Å². The van der Waals surface area contributed by atoms with Gasteiger partial charge in [-0.25, -0.2) is 0 Å². The van der Waals surface area contributed by atoms with Gasteiger partial charge in [0.05, 0.1) is 0 Å². The van der Waals surface area contributed by atoms with E-state index >= 15 is 0 Å². The third-order valence-corrected chi connectivity index (χ3v) is 4.19. The molecule has 0 aliphatic carbocycles. The van der Waals surface area contributed by atoms with Gasteiger partial charge in [0, 0.05) is 37.7 Å². The van der Waals surface area contributed by atoms with Gasteiger partial charge in [-0.3, -0.25) is 4.90 Å². The molecular formula is C16H14ClF4N3. The summed E-state index contributed by atoms with van der Waals surface area (Å²) in [6, 6.07) is 7.41. The lowest BCUT2D eigenvalue weighted by atomic mass is 10.2. The number of rotatable bonds is 3. The van der Waals surface area contributed by atoms with Crippen LogP contribution in [0.5, 0.6) is 0 Å². The molecule has 0 bridgehead atoms. The van der Waals surface area contributed by atoms with Gasteiger partial charge in [-0.05, 0) is 17.7 Å². The molecule has 2 heterocycles. The van der Waals surface area contributed by atoms with Crippen molar-refractivity contribution in [3.05, 3.63) is 58.4 Å². The second-order valence-corrected chi connectivity index (χ2v) is 6.00. The molecule has 1 aromatic carbocycles. The lowest BCUT2D eigenvalue weighted by Crippen LogP contribution is -2.46. The number of anilines is 1. The van der Waals surface area contributed by atoms with Crippen molar-refractivity contribution in [2.75, 3.05) is 31.1 Å². The SMILES string of the molecule is Fc1nc(F)c(F)c(N2CCN(Cc3cccc(Cl)c3)CC2)c1F. The van der Waals surface area contributed by atoms with Gasteiger partial charge in [-0.15, -0.1) is 0 Å². The van der Waals surface area contributed by atoms with Crippen LogP contribution >= 0.6 is 11.6 Å². The van der Waals surface area contributed by atoms with Crippen LogP contribution in [-0.2, 0) is 6.54 Å². The van der Waals surface area contributed by atoms with E-state index in [1.165, 1.54) is 4.90 Å². The van der Waals surface area contributed by atoms with Crippen molar-refractivity contribution in [3.8, 4) is 0 Å². The predicted octanol–water partition coefficient (Wildman–Crippen LogP) is 3.61. The van der Waals surface area contributed by atoms with E-state index in [2.05, 4.69) is 9.88 Å². The van der Waals surface area contributed by atoms with Crippen LogP contribution in [0.25, 0.3) is 0 Å². The van der Waals surface area contributed by atoms with Crippen LogP contribution in [0.15, 0.2) is 24.3 Å². The minimum Gasteiger partial charge on any atom is -0.364 e. The Morgan fingerprint density at radius 3 is 2.17 bits per heavy atom. The number of benzene rings is 1. The van der Waals surface area contributed by atoms with Crippen LogP contribution in [0.1, 0.15) is 5.56 Å². The molecule has 3 nitrogen and oxygen atoms in total. The zero-order valence-corrected chi connectivity index (χ0v) is 13.3. The van der Waals surface area contributed by atoms with E-state index in [4.69, 9.17) is 11.6 Å². The number of piperazine rings is 1. The van der Waals surface area contributed by atoms with Crippen LogP contribution in [0.4, 0.5) is 23.2 Å². The van der Waals surface area contributed by atoms with Gasteiger partial charge in [0.15, 0.2) is 0 Å². The molecule has 0 N–H and O–H groups in total. The van der Waals surface area contributed by atoms with Crippen molar-refractivity contribution in [1.82, 2.24) is 9.88 Å². The summed E-state index contributed by atoms with van der Waals surface area (Å²) in [7, 11) is 0. The van der Waals surface area contributed by atoms with Crippen molar-refractivity contribution < 1.29 is 17.6 Å². The fraction of sp³-hybridized carbons (Fsp3) is 0.312. The number of aromatic nitrogens is 1. The minimum absolute atomic E-state index is 0.247. The second kappa shape index (κ2) is 6.94. The van der Waals surface area contributed by atoms with Crippen molar-refractivity contribution in [2.45, 2.75) is 6.54 Å². The molecule has 128 valence electrons. The zero-order chi connectivity index (χ0) is 17.3. The second-order valence-electron chi connectivity index (χ2n) is 5.56. The van der Waals surface area contributed by atoms with Crippen molar-refractivity contribution in [3.63, 3.8) is 0 Å². The van der Waals surface area contributed by atoms with E-state index in [1.54, 1.807) is 6.07 Å².